The Labute approximate surface area is 275 Å². The molecule has 0 bridgehead atoms. The maximum Gasteiger partial charge on any atom is 0.484 e. The van der Waals surface area contributed by atoms with Crippen LogP contribution in [-0.4, -0.2) is 82.8 Å². The van der Waals surface area contributed by atoms with Crippen LogP contribution in [-0.2, 0) is 14.3 Å². The third kappa shape index (κ3) is 9.43. The van der Waals surface area contributed by atoms with Crippen LogP contribution in [0.25, 0.3) is 16.5 Å². The van der Waals surface area contributed by atoms with Crippen LogP contribution in [0.3, 0.4) is 0 Å². The molecule has 0 spiro atoms. The second-order valence-corrected chi connectivity index (χ2v) is 12.2. The first-order valence-corrected chi connectivity index (χ1v) is 15.9. The average molecular weight is 651 g/mol. The Hall–Kier alpha value is -4.20. The molecule has 47 heavy (non-hydrogen) atoms. The lowest BCUT2D eigenvalue weighted by Gasteiger charge is -2.26. The van der Waals surface area contributed by atoms with Gasteiger partial charge in [0.15, 0.2) is 6.23 Å². The number of likely N-dealkylation sites (N-methyl/N-ethyl adjacent to an activating group) is 1. The first-order valence-electron chi connectivity index (χ1n) is 15.9. The van der Waals surface area contributed by atoms with E-state index in [1.165, 1.54) is 18.0 Å². The van der Waals surface area contributed by atoms with E-state index >= 15 is 4.39 Å². The van der Waals surface area contributed by atoms with Crippen LogP contribution in [0.4, 0.5) is 9.18 Å². The fourth-order valence-electron chi connectivity index (χ4n) is 5.37. The SMILES string of the molecule is CC/C(B(O)O)=C(/c1ccc(OCCN(C/C=C/C(=O)NC)C(=O)OC(C)(C)C)cc1)c1ccc2c(c1)c(F)nn2C1CCCCO1. The van der Waals surface area contributed by atoms with Crippen LogP contribution in [0.2, 0.25) is 0 Å². The number of halogens is 1. The third-order valence-corrected chi connectivity index (χ3v) is 7.66. The van der Waals surface area contributed by atoms with Crippen molar-refractivity contribution in [1.82, 2.24) is 20.0 Å². The summed E-state index contributed by atoms with van der Waals surface area (Å²) in [6, 6.07) is 12.4. The number of amides is 2. The van der Waals surface area contributed by atoms with Crippen molar-refractivity contribution in [3.8, 4) is 5.75 Å². The molecule has 252 valence electrons. The Balaban J connectivity index is 1.54. The molecule has 1 fully saturated rings. The minimum absolute atomic E-state index is 0.148. The Kier molecular flexibility index (Phi) is 12.2. The number of ether oxygens (including phenoxy) is 3. The lowest BCUT2D eigenvalue weighted by atomic mass is 9.71. The van der Waals surface area contributed by atoms with Gasteiger partial charge in [0.25, 0.3) is 0 Å². The number of allylic oxidation sites excluding steroid dienone is 1. The number of benzene rings is 2. The average Bonchev–Trinajstić information content (AvgIpc) is 3.37. The van der Waals surface area contributed by atoms with Crippen molar-refractivity contribution in [2.24, 2.45) is 0 Å². The molecule has 2 heterocycles. The number of hydrogen-bond donors (Lipinski definition) is 3. The monoisotopic (exact) mass is 650 g/mol. The standard InChI is InChI=1S/C34H44BFN4O7/c1-6-27(35(43)44)31(24-14-17-28-26(22-24)32(36)38-40(28)30-11-7-8-20-46-30)23-12-15-25(16-13-23)45-21-19-39(18-9-10-29(41)37-5)33(42)47-34(2,3)4/h9-10,12-17,22,30,43-44H,6-8,11,18-21H2,1-5H3,(H,37,41)/b10-9+,31-27+. The fraction of sp³-hybridized carbons (Fsp3) is 0.441. The smallest absolute Gasteiger partial charge is 0.484 e. The molecular formula is C34H44BFN4O7. The van der Waals surface area contributed by atoms with Gasteiger partial charge in [0.05, 0.1) is 17.4 Å². The summed E-state index contributed by atoms with van der Waals surface area (Å²) in [5.74, 6) is -0.379. The van der Waals surface area contributed by atoms with Crippen molar-refractivity contribution < 1.29 is 38.2 Å². The minimum Gasteiger partial charge on any atom is -0.492 e. The van der Waals surface area contributed by atoms with Crippen LogP contribution in [0.5, 0.6) is 5.75 Å². The zero-order valence-electron chi connectivity index (χ0n) is 27.7. The van der Waals surface area contributed by atoms with E-state index in [0.29, 0.717) is 51.9 Å². The Morgan fingerprint density at radius 3 is 2.51 bits per heavy atom. The number of nitrogens with one attached hydrogen (secondary N) is 1. The van der Waals surface area contributed by atoms with Crippen molar-refractivity contribution in [1.29, 1.82) is 0 Å². The van der Waals surface area contributed by atoms with E-state index in [1.54, 1.807) is 67.9 Å². The Morgan fingerprint density at radius 2 is 1.89 bits per heavy atom. The highest BCUT2D eigenvalue weighted by Gasteiger charge is 2.25. The summed E-state index contributed by atoms with van der Waals surface area (Å²) < 4.78 is 34.0. The van der Waals surface area contributed by atoms with Gasteiger partial charge in [-0.05, 0) is 92.9 Å². The fourth-order valence-corrected chi connectivity index (χ4v) is 5.37. The largest absolute Gasteiger partial charge is 0.492 e. The zero-order valence-corrected chi connectivity index (χ0v) is 27.7. The molecule has 3 aromatic rings. The van der Waals surface area contributed by atoms with Gasteiger partial charge in [-0.2, -0.15) is 4.39 Å². The topological polar surface area (TPSA) is 135 Å². The van der Waals surface area contributed by atoms with Crippen molar-refractivity contribution in [3.63, 3.8) is 0 Å². The summed E-state index contributed by atoms with van der Waals surface area (Å²) >= 11 is 0. The van der Waals surface area contributed by atoms with Crippen LogP contribution in [0.15, 0.2) is 60.1 Å². The molecule has 1 unspecified atom stereocenters. The molecule has 3 N–H and O–H groups in total. The van der Waals surface area contributed by atoms with E-state index in [4.69, 9.17) is 14.2 Å². The number of aromatic nitrogens is 2. The van der Waals surface area contributed by atoms with E-state index in [-0.39, 0.29) is 31.8 Å². The van der Waals surface area contributed by atoms with Crippen LogP contribution < -0.4 is 10.1 Å². The maximum atomic E-state index is 15.2. The molecular weight excluding hydrogens is 606 g/mol. The Morgan fingerprint density at radius 1 is 1.17 bits per heavy atom. The van der Waals surface area contributed by atoms with Gasteiger partial charge in [0, 0.05) is 26.3 Å². The number of fused-ring (bicyclic) bond motifs is 1. The van der Waals surface area contributed by atoms with Crippen molar-refractivity contribution in [2.75, 3.05) is 33.4 Å². The summed E-state index contributed by atoms with van der Waals surface area (Å²) in [7, 11) is -0.201. The highest BCUT2D eigenvalue weighted by atomic mass is 19.1. The second-order valence-electron chi connectivity index (χ2n) is 12.2. The molecule has 0 saturated carbocycles. The first-order chi connectivity index (χ1) is 22.4. The van der Waals surface area contributed by atoms with Gasteiger partial charge in [-0.15, -0.1) is 5.10 Å². The molecule has 2 amide bonds. The maximum absolute atomic E-state index is 15.2. The summed E-state index contributed by atoms with van der Waals surface area (Å²) in [6.45, 7) is 8.25. The van der Waals surface area contributed by atoms with E-state index in [1.807, 2.05) is 13.0 Å². The third-order valence-electron chi connectivity index (χ3n) is 7.66. The van der Waals surface area contributed by atoms with Gasteiger partial charge in [0.1, 0.15) is 18.0 Å². The number of rotatable bonds is 12. The summed E-state index contributed by atoms with van der Waals surface area (Å²) in [6.07, 6.45) is 5.09. The summed E-state index contributed by atoms with van der Waals surface area (Å²) in [5, 5.41) is 27.5. The van der Waals surface area contributed by atoms with Gasteiger partial charge in [-0.1, -0.05) is 31.2 Å². The predicted molar refractivity (Wildman–Crippen MR) is 178 cm³/mol. The van der Waals surface area contributed by atoms with Crippen molar-refractivity contribution in [3.05, 3.63) is 77.2 Å². The van der Waals surface area contributed by atoms with Gasteiger partial charge in [-0.25, -0.2) is 9.48 Å². The quantitative estimate of drug-likeness (QED) is 0.184. The lowest BCUT2D eigenvalue weighted by molar-refractivity contribution is -0.116. The molecule has 1 saturated heterocycles. The number of nitrogens with zero attached hydrogens (tertiary/aromatic N) is 3. The molecule has 1 aliphatic heterocycles. The second kappa shape index (κ2) is 16.1. The molecule has 4 rings (SSSR count). The summed E-state index contributed by atoms with van der Waals surface area (Å²) in [5.41, 5.74) is 2.14. The molecule has 1 atom stereocenters. The van der Waals surface area contributed by atoms with E-state index in [9.17, 15) is 19.6 Å². The molecule has 11 nitrogen and oxygen atoms in total. The number of carbonyl (C=O) groups excluding carboxylic acids is 2. The summed E-state index contributed by atoms with van der Waals surface area (Å²) in [4.78, 5) is 25.8. The van der Waals surface area contributed by atoms with Gasteiger partial charge >= 0.3 is 13.2 Å². The van der Waals surface area contributed by atoms with Gasteiger partial charge in [0.2, 0.25) is 11.9 Å². The first kappa shape index (κ1) is 35.7. The van der Waals surface area contributed by atoms with Crippen molar-refractivity contribution in [2.45, 2.75) is 65.2 Å². The highest BCUT2D eigenvalue weighted by Crippen LogP contribution is 2.34. The highest BCUT2D eigenvalue weighted by molar-refractivity contribution is 6.52. The van der Waals surface area contributed by atoms with Crippen molar-refractivity contribution >= 4 is 35.6 Å². The molecule has 13 heteroatoms. The molecule has 0 aliphatic carbocycles. The zero-order chi connectivity index (χ0) is 34.1. The predicted octanol–water partition coefficient (Wildman–Crippen LogP) is 5.02. The van der Waals surface area contributed by atoms with Gasteiger partial charge in [-0.3, -0.25) is 4.79 Å². The number of carbonyl (C=O) groups is 2. The van der Waals surface area contributed by atoms with E-state index < -0.39 is 24.8 Å². The van der Waals surface area contributed by atoms with Gasteiger partial charge < -0.3 is 34.5 Å². The van der Waals surface area contributed by atoms with Crippen LogP contribution in [0.1, 0.15) is 70.7 Å². The van der Waals surface area contributed by atoms with E-state index in [0.717, 1.165) is 19.3 Å². The lowest BCUT2D eigenvalue weighted by Crippen LogP contribution is -2.39. The Bertz CT molecular complexity index is 1590. The number of hydrogen-bond acceptors (Lipinski definition) is 8. The molecule has 2 aromatic carbocycles. The van der Waals surface area contributed by atoms with Crippen LogP contribution >= 0.6 is 0 Å². The molecule has 1 aliphatic rings. The van der Waals surface area contributed by atoms with Crippen LogP contribution in [0, 0.1) is 5.95 Å². The minimum atomic E-state index is -1.72. The normalized spacial score (nSPS) is 15.8. The molecule has 0 radical (unpaired) electrons. The van der Waals surface area contributed by atoms with E-state index in [2.05, 4.69) is 10.4 Å². The molecule has 1 aromatic heterocycles.